The van der Waals surface area contributed by atoms with Crippen LogP contribution >= 0.6 is 0 Å². The molecule has 0 aromatic carbocycles. The second-order valence-electron chi connectivity index (χ2n) is 24.1. The van der Waals surface area contributed by atoms with Crippen LogP contribution in [0.3, 0.4) is 0 Å². The number of allylic oxidation sites excluding steroid dienone is 18. The highest BCUT2D eigenvalue weighted by Crippen LogP contribution is 2.17. The normalized spacial score (nSPS) is 13.4. The van der Waals surface area contributed by atoms with Crippen LogP contribution in [0.1, 0.15) is 290 Å². The zero-order valence-corrected chi connectivity index (χ0v) is 55.0. The van der Waals surface area contributed by atoms with E-state index >= 15 is 0 Å². The summed E-state index contributed by atoms with van der Waals surface area (Å²) in [5, 5.41) is 9.73. The number of rotatable bonds is 63. The number of quaternary nitrogens is 1. The average molecular weight is 1170 g/mol. The highest BCUT2D eigenvalue weighted by atomic mass is 16.7. The van der Waals surface area contributed by atoms with E-state index in [0.717, 1.165) is 103 Å². The van der Waals surface area contributed by atoms with Crippen molar-refractivity contribution in [3.05, 3.63) is 109 Å². The van der Waals surface area contributed by atoms with Gasteiger partial charge in [0.2, 0.25) is 0 Å². The first-order valence-corrected chi connectivity index (χ1v) is 34.6. The minimum Gasteiger partial charge on any atom is -0.477 e. The largest absolute Gasteiger partial charge is 0.477 e. The summed E-state index contributed by atoms with van der Waals surface area (Å²) >= 11 is 0. The van der Waals surface area contributed by atoms with Gasteiger partial charge in [-0.05, 0) is 103 Å². The molecule has 0 heterocycles. The van der Waals surface area contributed by atoms with Crippen molar-refractivity contribution >= 4 is 17.9 Å². The molecule has 2 unspecified atom stereocenters. The highest BCUT2D eigenvalue weighted by Gasteiger charge is 2.25. The average Bonchev–Trinajstić information content (AvgIpc) is 3.52. The molecule has 0 spiro atoms. The van der Waals surface area contributed by atoms with Gasteiger partial charge in [-0.25, -0.2) is 4.79 Å². The van der Waals surface area contributed by atoms with Gasteiger partial charge in [-0.2, -0.15) is 0 Å². The molecule has 0 aliphatic heterocycles. The molecule has 9 nitrogen and oxygen atoms in total. The first kappa shape index (κ1) is 80.0. The fraction of sp³-hybridized carbons (Fsp3) is 0.720. The van der Waals surface area contributed by atoms with Crippen molar-refractivity contribution in [3.63, 3.8) is 0 Å². The maximum Gasteiger partial charge on any atom is 0.361 e. The second kappa shape index (κ2) is 64.9. The number of nitrogens with zero attached hydrogens (tertiary/aromatic N) is 1. The van der Waals surface area contributed by atoms with Crippen LogP contribution in [0.2, 0.25) is 0 Å². The molecule has 84 heavy (non-hydrogen) atoms. The first-order valence-electron chi connectivity index (χ1n) is 34.6. The van der Waals surface area contributed by atoms with E-state index in [9.17, 15) is 19.5 Å². The summed E-state index contributed by atoms with van der Waals surface area (Å²) in [4.78, 5) is 37.5. The topological polar surface area (TPSA) is 108 Å². The Kier molecular flexibility index (Phi) is 61.8. The minimum absolute atomic E-state index is 0.184. The summed E-state index contributed by atoms with van der Waals surface area (Å²) in [6, 6.07) is 0. The summed E-state index contributed by atoms with van der Waals surface area (Å²) in [6.07, 6.45) is 87.7. The Labute approximate surface area is 517 Å². The lowest BCUT2D eigenvalue weighted by atomic mass is 10.0. The number of aliphatic carboxylic acids is 1. The molecule has 482 valence electrons. The molecule has 0 aromatic heterocycles. The number of unbranched alkanes of at least 4 members (excludes halogenated alkanes) is 30. The molecular formula is C75H130NO8+. The van der Waals surface area contributed by atoms with Gasteiger partial charge in [0.05, 0.1) is 34.4 Å². The molecular weight excluding hydrogens is 1040 g/mol. The SMILES string of the molecule is CC/C=C\C/C=C\C/C=C\C/C=C\C/C=C\C/C=C\C/C=C\CCCCCCCCCCCCCCCCCCCCCC(=O)OC(COC(=O)CCCCCCCCC/C=C\C/C=C\CCCCCC)COC(OCC[N+](C)(C)C)C(=O)O. The predicted molar refractivity (Wildman–Crippen MR) is 359 cm³/mol. The van der Waals surface area contributed by atoms with Gasteiger partial charge in [0.25, 0.3) is 6.29 Å². The van der Waals surface area contributed by atoms with Crippen LogP contribution in [0.15, 0.2) is 109 Å². The quantitative estimate of drug-likeness (QED) is 0.0211. The summed E-state index contributed by atoms with van der Waals surface area (Å²) < 4.78 is 22.9. The van der Waals surface area contributed by atoms with Crippen molar-refractivity contribution in [3.8, 4) is 0 Å². The third-order valence-corrected chi connectivity index (χ3v) is 14.8. The molecule has 0 aromatic rings. The number of ether oxygens (including phenoxy) is 4. The first-order chi connectivity index (χ1) is 41.1. The van der Waals surface area contributed by atoms with Crippen LogP contribution in [0.4, 0.5) is 0 Å². The van der Waals surface area contributed by atoms with E-state index in [1.807, 2.05) is 21.1 Å². The summed E-state index contributed by atoms with van der Waals surface area (Å²) in [5.41, 5.74) is 0. The Morgan fingerprint density at radius 3 is 1.01 bits per heavy atom. The summed E-state index contributed by atoms with van der Waals surface area (Å²) in [7, 11) is 5.97. The lowest BCUT2D eigenvalue weighted by Crippen LogP contribution is -2.40. The van der Waals surface area contributed by atoms with Gasteiger partial charge < -0.3 is 28.5 Å². The van der Waals surface area contributed by atoms with Crippen LogP contribution in [0, 0.1) is 0 Å². The molecule has 9 heteroatoms. The standard InChI is InChI=1S/C75H129NO8/c1-6-8-10-12-14-16-18-20-22-24-26-27-28-29-30-31-32-33-34-35-36-37-38-39-40-41-42-43-44-45-46-47-48-50-52-54-56-58-60-62-64-66-73(78)84-71(70-83-75(74(79)80)81-68-67-76(3,4)5)69-82-72(77)65-63-61-59-57-55-53-51-49-25-23-21-19-17-15-13-11-9-7-2/h8,10,14,16-17,19-20,22-23,25-27,29-30,32-33,35-36,71,75H,6-7,9,11-13,15,18,21,24,28,31,34,37-70H2,1-5H3/p+1/b10-8-,16-14-,19-17-,22-20-,25-23-,27-26-,30-29-,33-32-,36-35-. The number of hydrogen-bond donors (Lipinski definition) is 1. The van der Waals surface area contributed by atoms with Gasteiger partial charge >= 0.3 is 17.9 Å². The number of hydrogen-bond acceptors (Lipinski definition) is 7. The Morgan fingerprint density at radius 1 is 0.369 bits per heavy atom. The van der Waals surface area contributed by atoms with E-state index in [-0.39, 0.29) is 32.2 Å². The van der Waals surface area contributed by atoms with Crippen LogP contribution in [-0.2, 0) is 33.3 Å². The van der Waals surface area contributed by atoms with Gasteiger partial charge in [-0.15, -0.1) is 0 Å². The van der Waals surface area contributed by atoms with Gasteiger partial charge in [0.1, 0.15) is 13.2 Å². The third-order valence-electron chi connectivity index (χ3n) is 14.8. The van der Waals surface area contributed by atoms with Crippen molar-refractivity contribution in [2.75, 3.05) is 47.5 Å². The van der Waals surface area contributed by atoms with Crippen molar-refractivity contribution < 1.29 is 42.9 Å². The fourth-order valence-electron chi connectivity index (χ4n) is 9.50. The molecule has 0 bridgehead atoms. The van der Waals surface area contributed by atoms with Gasteiger partial charge in [0, 0.05) is 12.8 Å². The van der Waals surface area contributed by atoms with Crippen molar-refractivity contribution in [1.82, 2.24) is 0 Å². The number of carbonyl (C=O) groups excluding carboxylic acids is 2. The highest BCUT2D eigenvalue weighted by molar-refractivity contribution is 5.71. The molecule has 0 fully saturated rings. The van der Waals surface area contributed by atoms with E-state index in [2.05, 4.69) is 123 Å². The Hall–Kier alpha value is -4.05. The lowest BCUT2D eigenvalue weighted by molar-refractivity contribution is -0.870. The molecule has 0 aliphatic rings. The van der Waals surface area contributed by atoms with Crippen LogP contribution in [0.5, 0.6) is 0 Å². The van der Waals surface area contributed by atoms with Gasteiger partial charge in [0.15, 0.2) is 6.10 Å². The van der Waals surface area contributed by atoms with E-state index in [0.29, 0.717) is 17.4 Å². The summed E-state index contributed by atoms with van der Waals surface area (Å²) in [6.45, 7) is 4.75. The number of carbonyl (C=O) groups is 3. The zero-order chi connectivity index (χ0) is 61.2. The number of carboxylic acids is 1. The van der Waals surface area contributed by atoms with Crippen molar-refractivity contribution in [2.45, 2.75) is 302 Å². The predicted octanol–water partition coefficient (Wildman–Crippen LogP) is 21.4. The number of carboxylic acid groups (broad SMARTS) is 1. The third kappa shape index (κ3) is 65.5. The molecule has 0 saturated carbocycles. The van der Waals surface area contributed by atoms with E-state index in [1.165, 1.54) is 161 Å². The number of likely N-dealkylation sites (N-methyl/N-ethyl adjacent to an activating group) is 1. The van der Waals surface area contributed by atoms with E-state index in [4.69, 9.17) is 18.9 Å². The monoisotopic (exact) mass is 1170 g/mol. The Bertz CT molecular complexity index is 1750. The maximum absolute atomic E-state index is 12.9. The zero-order valence-electron chi connectivity index (χ0n) is 55.0. The molecule has 0 aliphatic carbocycles. The fourth-order valence-corrected chi connectivity index (χ4v) is 9.50. The van der Waals surface area contributed by atoms with Crippen molar-refractivity contribution in [2.24, 2.45) is 0 Å². The molecule has 2 atom stereocenters. The lowest BCUT2D eigenvalue weighted by Gasteiger charge is -2.25. The van der Waals surface area contributed by atoms with Gasteiger partial charge in [-0.3, -0.25) is 9.59 Å². The molecule has 1 N–H and O–H groups in total. The Balaban J connectivity index is 4.03. The second-order valence-corrected chi connectivity index (χ2v) is 24.1. The number of esters is 2. The maximum atomic E-state index is 12.9. The molecule has 0 rings (SSSR count). The van der Waals surface area contributed by atoms with Crippen molar-refractivity contribution in [1.29, 1.82) is 0 Å². The van der Waals surface area contributed by atoms with Crippen LogP contribution < -0.4 is 0 Å². The van der Waals surface area contributed by atoms with E-state index in [1.54, 1.807) is 0 Å². The van der Waals surface area contributed by atoms with Gasteiger partial charge in [-0.1, -0.05) is 284 Å². The molecule has 0 saturated heterocycles. The van der Waals surface area contributed by atoms with E-state index < -0.39 is 24.3 Å². The smallest absolute Gasteiger partial charge is 0.361 e. The van der Waals surface area contributed by atoms with Crippen LogP contribution in [-0.4, -0.2) is 87.4 Å². The molecule has 0 amide bonds. The minimum atomic E-state index is -1.52. The van der Waals surface area contributed by atoms with Crippen LogP contribution in [0.25, 0.3) is 0 Å². The Morgan fingerprint density at radius 2 is 0.679 bits per heavy atom. The molecule has 0 radical (unpaired) electrons. The summed E-state index contributed by atoms with van der Waals surface area (Å²) in [5.74, 6) is -2.01.